The molecular formula is C15H13N5O3S. The number of aryl methyl sites for hydroxylation is 2. The van der Waals surface area contributed by atoms with Gasteiger partial charge in [0.05, 0.1) is 5.01 Å². The molecule has 0 radical (unpaired) electrons. The van der Waals surface area contributed by atoms with Crippen LogP contribution in [0.1, 0.15) is 31.7 Å². The lowest BCUT2D eigenvalue weighted by Crippen LogP contribution is -2.17. The third-order valence-electron chi connectivity index (χ3n) is 3.07. The fourth-order valence-corrected chi connectivity index (χ4v) is 2.85. The van der Waals surface area contributed by atoms with Crippen LogP contribution in [0.4, 0.5) is 5.00 Å². The van der Waals surface area contributed by atoms with E-state index in [9.17, 15) is 9.59 Å². The van der Waals surface area contributed by atoms with E-state index in [0.717, 1.165) is 17.0 Å². The minimum atomic E-state index is -0.706. The fourth-order valence-electron chi connectivity index (χ4n) is 2.04. The van der Waals surface area contributed by atoms with Crippen LogP contribution in [0.15, 0.2) is 29.0 Å². The molecule has 122 valence electrons. The number of amides is 2. The smallest absolute Gasteiger partial charge is 0.278 e. The van der Waals surface area contributed by atoms with Crippen molar-refractivity contribution in [2.45, 2.75) is 13.8 Å². The summed E-state index contributed by atoms with van der Waals surface area (Å²) in [6.45, 7) is 3.56. The first-order valence-corrected chi connectivity index (χ1v) is 7.73. The zero-order valence-electron chi connectivity index (χ0n) is 12.9. The molecule has 9 heteroatoms. The van der Waals surface area contributed by atoms with E-state index in [1.54, 1.807) is 25.3 Å². The van der Waals surface area contributed by atoms with Gasteiger partial charge in [-0.05, 0) is 26.0 Å². The van der Waals surface area contributed by atoms with E-state index in [4.69, 9.17) is 10.2 Å². The molecule has 3 N–H and O–H groups in total. The Labute approximate surface area is 140 Å². The molecule has 8 nitrogen and oxygen atoms in total. The molecule has 0 unspecified atom stereocenters. The summed E-state index contributed by atoms with van der Waals surface area (Å²) in [6, 6.07) is 3.53. The molecule has 0 fully saturated rings. The van der Waals surface area contributed by atoms with E-state index in [1.165, 1.54) is 6.26 Å². The monoisotopic (exact) mass is 343 g/mol. The van der Waals surface area contributed by atoms with Gasteiger partial charge in [0, 0.05) is 17.5 Å². The molecule has 0 saturated heterocycles. The van der Waals surface area contributed by atoms with Crippen LogP contribution in [-0.2, 0) is 0 Å². The van der Waals surface area contributed by atoms with E-state index in [1.807, 2.05) is 6.92 Å². The number of anilines is 1. The largest absolute Gasteiger partial charge is 0.444 e. The first-order chi connectivity index (χ1) is 11.4. The Balaban J connectivity index is 1.83. The number of rotatable bonds is 4. The van der Waals surface area contributed by atoms with Crippen LogP contribution in [-0.4, -0.2) is 26.8 Å². The molecular weight excluding hydrogens is 330 g/mol. The normalized spacial score (nSPS) is 10.6. The lowest BCUT2D eigenvalue weighted by Gasteiger charge is -2.00. The van der Waals surface area contributed by atoms with Crippen LogP contribution in [0, 0.1) is 13.8 Å². The summed E-state index contributed by atoms with van der Waals surface area (Å²) in [5.41, 5.74) is 6.89. The maximum Gasteiger partial charge on any atom is 0.278 e. The highest BCUT2D eigenvalue weighted by atomic mass is 32.1. The van der Waals surface area contributed by atoms with E-state index in [0.29, 0.717) is 16.5 Å². The van der Waals surface area contributed by atoms with Crippen molar-refractivity contribution in [1.82, 2.24) is 15.0 Å². The third-order valence-corrected chi connectivity index (χ3v) is 3.96. The second kappa shape index (κ2) is 6.20. The van der Waals surface area contributed by atoms with Crippen molar-refractivity contribution in [1.29, 1.82) is 0 Å². The van der Waals surface area contributed by atoms with Crippen molar-refractivity contribution < 1.29 is 14.0 Å². The second-order valence-corrected chi connectivity index (χ2v) is 6.16. The molecule has 0 aromatic carbocycles. The number of nitrogens with zero attached hydrogens (tertiary/aromatic N) is 3. The number of aromatic nitrogens is 3. The van der Waals surface area contributed by atoms with E-state index < -0.39 is 11.8 Å². The van der Waals surface area contributed by atoms with Crippen LogP contribution in [0.5, 0.6) is 0 Å². The molecule has 3 heterocycles. The van der Waals surface area contributed by atoms with Gasteiger partial charge in [-0.1, -0.05) is 0 Å². The van der Waals surface area contributed by atoms with Gasteiger partial charge in [0.25, 0.3) is 11.8 Å². The Kier molecular flexibility index (Phi) is 4.09. The van der Waals surface area contributed by atoms with Gasteiger partial charge in [0.2, 0.25) is 5.89 Å². The number of pyridine rings is 1. The zero-order valence-corrected chi connectivity index (χ0v) is 13.7. The molecule has 0 aliphatic carbocycles. The van der Waals surface area contributed by atoms with Crippen molar-refractivity contribution in [2.24, 2.45) is 5.73 Å². The molecule has 24 heavy (non-hydrogen) atoms. The first-order valence-electron chi connectivity index (χ1n) is 6.91. The van der Waals surface area contributed by atoms with Gasteiger partial charge in [0.15, 0.2) is 11.4 Å². The van der Waals surface area contributed by atoms with Crippen molar-refractivity contribution >= 4 is 28.2 Å². The van der Waals surface area contributed by atoms with Gasteiger partial charge in [-0.15, -0.1) is 11.3 Å². The quantitative estimate of drug-likeness (QED) is 0.748. The highest BCUT2D eigenvalue weighted by molar-refractivity contribution is 7.16. The van der Waals surface area contributed by atoms with Gasteiger partial charge in [-0.2, -0.15) is 0 Å². The van der Waals surface area contributed by atoms with Crippen molar-refractivity contribution in [3.63, 3.8) is 0 Å². The van der Waals surface area contributed by atoms with Crippen LogP contribution in [0.2, 0.25) is 0 Å². The standard InChI is InChI=1S/C15H13N5O3S/c1-7-5-9(3-4-17-7)14-19-10(6-23-14)13(22)20-15-11(12(16)21)18-8(2)24-15/h3-6H,1-2H3,(H2,16,21)(H,20,22). The van der Waals surface area contributed by atoms with Gasteiger partial charge in [-0.25, -0.2) is 9.97 Å². The Morgan fingerprint density at radius 3 is 2.79 bits per heavy atom. The average Bonchev–Trinajstić information content (AvgIpc) is 3.14. The van der Waals surface area contributed by atoms with Crippen LogP contribution >= 0.6 is 11.3 Å². The Morgan fingerprint density at radius 1 is 1.29 bits per heavy atom. The van der Waals surface area contributed by atoms with Crippen LogP contribution < -0.4 is 11.1 Å². The summed E-state index contributed by atoms with van der Waals surface area (Å²) in [4.78, 5) is 35.9. The number of nitrogens with one attached hydrogen (secondary N) is 1. The summed E-state index contributed by atoms with van der Waals surface area (Å²) in [7, 11) is 0. The highest BCUT2D eigenvalue weighted by Gasteiger charge is 2.19. The number of thiazole rings is 1. The molecule has 3 aromatic heterocycles. The van der Waals surface area contributed by atoms with Gasteiger partial charge >= 0.3 is 0 Å². The van der Waals surface area contributed by atoms with Gasteiger partial charge < -0.3 is 15.5 Å². The van der Waals surface area contributed by atoms with E-state index in [2.05, 4.69) is 20.3 Å². The van der Waals surface area contributed by atoms with Crippen LogP contribution in [0.3, 0.4) is 0 Å². The molecule has 0 saturated carbocycles. The number of hydrogen-bond acceptors (Lipinski definition) is 7. The maximum atomic E-state index is 12.3. The first kappa shape index (κ1) is 15.8. The lowest BCUT2D eigenvalue weighted by atomic mass is 10.2. The highest BCUT2D eigenvalue weighted by Crippen LogP contribution is 2.25. The molecule has 0 aliphatic rings. The number of nitrogens with two attached hydrogens (primary N) is 1. The Morgan fingerprint density at radius 2 is 2.08 bits per heavy atom. The minimum Gasteiger partial charge on any atom is -0.444 e. The fraction of sp³-hybridized carbons (Fsp3) is 0.133. The van der Waals surface area contributed by atoms with Crippen molar-refractivity contribution in [2.75, 3.05) is 5.32 Å². The number of oxazole rings is 1. The molecule has 3 rings (SSSR count). The molecule has 3 aromatic rings. The second-order valence-electron chi connectivity index (χ2n) is 4.95. The summed E-state index contributed by atoms with van der Waals surface area (Å²) >= 11 is 1.16. The summed E-state index contributed by atoms with van der Waals surface area (Å²) in [6.07, 6.45) is 2.88. The molecule has 0 bridgehead atoms. The minimum absolute atomic E-state index is 0.0272. The summed E-state index contributed by atoms with van der Waals surface area (Å²) < 4.78 is 5.34. The van der Waals surface area contributed by atoms with E-state index >= 15 is 0 Å². The molecule has 2 amide bonds. The molecule has 0 spiro atoms. The maximum absolute atomic E-state index is 12.3. The van der Waals surface area contributed by atoms with Gasteiger partial charge in [0.1, 0.15) is 11.3 Å². The SMILES string of the molecule is Cc1cc(-c2nc(C(=O)Nc3sc(C)nc3C(N)=O)co2)ccn1. The predicted octanol–water partition coefficient (Wildman–Crippen LogP) is 2.16. The summed E-state index contributed by atoms with van der Waals surface area (Å²) in [5.74, 6) is -0.911. The summed E-state index contributed by atoms with van der Waals surface area (Å²) in [5, 5.41) is 3.49. The number of carbonyl (C=O) groups is 2. The average molecular weight is 343 g/mol. The lowest BCUT2D eigenvalue weighted by molar-refractivity contribution is 0.0997. The number of hydrogen-bond donors (Lipinski definition) is 2. The van der Waals surface area contributed by atoms with Crippen LogP contribution in [0.25, 0.3) is 11.5 Å². The van der Waals surface area contributed by atoms with Gasteiger partial charge in [-0.3, -0.25) is 14.6 Å². The van der Waals surface area contributed by atoms with Crippen molar-refractivity contribution in [3.05, 3.63) is 46.7 Å². The van der Waals surface area contributed by atoms with E-state index in [-0.39, 0.29) is 16.4 Å². The Hall–Kier alpha value is -3.07. The predicted molar refractivity (Wildman–Crippen MR) is 87.8 cm³/mol. The molecule has 0 atom stereocenters. The van der Waals surface area contributed by atoms with Crippen molar-refractivity contribution in [3.8, 4) is 11.5 Å². The molecule has 0 aliphatic heterocycles. The third kappa shape index (κ3) is 3.15. The zero-order chi connectivity index (χ0) is 17.3. The topological polar surface area (TPSA) is 124 Å². The number of carbonyl (C=O) groups excluding carboxylic acids is 2. The number of primary amides is 1. The Bertz CT molecular complexity index is 931.